The molecule has 0 saturated carbocycles. The molecule has 0 N–H and O–H groups in total. The molecule has 4 heterocycles. The minimum absolute atomic E-state index is 0.887. The van der Waals surface area contributed by atoms with E-state index >= 15 is 0 Å². The third kappa shape index (κ3) is 3.21. The Labute approximate surface area is 267 Å². The molecule has 0 spiro atoms. The summed E-state index contributed by atoms with van der Waals surface area (Å²) in [6.07, 6.45) is 0. The van der Waals surface area contributed by atoms with Gasteiger partial charge in [0.25, 0.3) is 0 Å². The largest absolute Gasteiger partial charge is 0.456 e. The molecule has 3 nitrogen and oxygen atoms in total. The number of hydrogen-bond donors (Lipinski definition) is 0. The summed E-state index contributed by atoms with van der Waals surface area (Å²) in [6, 6.07) is 52.9. The Morgan fingerprint density at radius 2 is 0.978 bits per heavy atom. The van der Waals surface area contributed by atoms with Gasteiger partial charge in [-0.1, -0.05) is 72.8 Å². The van der Waals surface area contributed by atoms with Gasteiger partial charge in [0.15, 0.2) is 0 Å². The summed E-state index contributed by atoms with van der Waals surface area (Å²) >= 11 is 1.85. The molecule has 0 aliphatic heterocycles. The molecule has 0 bridgehead atoms. The summed E-state index contributed by atoms with van der Waals surface area (Å²) in [5.74, 6) is 0. The van der Waals surface area contributed by atoms with Crippen molar-refractivity contribution in [2.24, 2.45) is 0 Å². The number of anilines is 3. The smallest absolute Gasteiger partial charge is 0.137 e. The Hall–Kier alpha value is -5.84. The fraction of sp³-hybridized carbons (Fsp3) is 0. The summed E-state index contributed by atoms with van der Waals surface area (Å²) in [6.45, 7) is 0. The van der Waals surface area contributed by atoms with E-state index in [1.807, 2.05) is 23.5 Å². The van der Waals surface area contributed by atoms with Crippen LogP contribution in [0.2, 0.25) is 0 Å². The van der Waals surface area contributed by atoms with Crippen LogP contribution in [0.3, 0.4) is 0 Å². The molecule has 0 amide bonds. The number of para-hydroxylation sites is 3. The molecule has 4 aromatic heterocycles. The lowest BCUT2D eigenvalue weighted by Crippen LogP contribution is -2.09. The van der Waals surface area contributed by atoms with Gasteiger partial charge < -0.3 is 13.7 Å². The van der Waals surface area contributed by atoms with Crippen molar-refractivity contribution >= 4 is 109 Å². The van der Waals surface area contributed by atoms with E-state index in [-0.39, 0.29) is 0 Å². The van der Waals surface area contributed by atoms with E-state index in [1.165, 1.54) is 58.3 Å². The highest BCUT2D eigenvalue weighted by Crippen LogP contribution is 2.46. The second kappa shape index (κ2) is 8.87. The number of thiophene rings is 1. The number of fused-ring (bicyclic) bond motifs is 12. The zero-order valence-electron chi connectivity index (χ0n) is 24.6. The van der Waals surface area contributed by atoms with Gasteiger partial charge in [-0.15, -0.1) is 11.3 Å². The topological polar surface area (TPSA) is 20.8 Å². The lowest BCUT2D eigenvalue weighted by molar-refractivity contribution is 0.669. The molecule has 0 atom stereocenters. The van der Waals surface area contributed by atoms with Crippen LogP contribution in [0.25, 0.3) is 80.2 Å². The predicted molar refractivity (Wildman–Crippen MR) is 196 cm³/mol. The van der Waals surface area contributed by atoms with Crippen LogP contribution < -0.4 is 4.90 Å². The highest BCUT2D eigenvalue weighted by atomic mass is 32.1. The van der Waals surface area contributed by atoms with E-state index in [0.29, 0.717) is 0 Å². The normalized spacial score (nSPS) is 12.3. The fourth-order valence-corrected chi connectivity index (χ4v) is 8.80. The van der Waals surface area contributed by atoms with Crippen LogP contribution >= 0.6 is 11.3 Å². The maximum Gasteiger partial charge on any atom is 0.137 e. The van der Waals surface area contributed by atoms with Gasteiger partial charge in [0, 0.05) is 75.6 Å². The van der Waals surface area contributed by atoms with E-state index in [2.05, 4.69) is 143 Å². The number of aromatic nitrogens is 1. The van der Waals surface area contributed by atoms with Gasteiger partial charge in [0.1, 0.15) is 11.2 Å². The number of furan rings is 1. The van der Waals surface area contributed by atoms with E-state index < -0.39 is 0 Å². The third-order valence-electron chi connectivity index (χ3n) is 9.69. The fourth-order valence-electron chi connectivity index (χ4n) is 7.72. The average Bonchev–Trinajstić information content (AvgIpc) is 3.85. The average molecular weight is 605 g/mol. The van der Waals surface area contributed by atoms with Crippen molar-refractivity contribution < 1.29 is 4.42 Å². The highest BCUT2D eigenvalue weighted by molar-refractivity contribution is 7.25. The molecular formula is C42H24N2OS. The van der Waals surface area contributed by atoms with Crippen molar-refractivity contribution in [2.45, 2.75) is 0 Å². The van der Waals surface area contributed by atoms with Gasteiger partial charge in [-0.3, -0.25) is 0 Å². The molecule has 0 aliphatic rings. The summed E-state index contributed by atoms with van der Waals surface area (Å²) in [4.78, 5) is 2.40. The number of hydrogen-bond acceptors (Lipinski definition) is 3. The lowest BCUT2D eigenvalue weighted by atomic mass is 10.0. The van der Waals surface area contributed by atoms with Gasteiger partial charge in [-0.05, 0) is 66.7 Å². The summed E-state index contributed by atoms with van der Waals surface area (Å²) in [5.41, 5.74) is 8.85. The van der Waals surface area contributed by atoms with E-state index in [9.17, 15) is 0 Å². The molecule has 11 aromatic rings. The van der Waals surface area contributed by atoms with Crippen LogP contribution in [0.1, 0.15) is 0 Å². The van der Waals surface area contributed by atoms with Gasteiger partial charge in [-0.2, -0.15) is 0 Å². The SMILES string of the molecule is c1ccc2c(c1)oc1cc(N(c3ccc4sc5ccccc5c4c3)c3cc4c5ccccc5n5c6ccccc6c(c3)c45)ccc12. The highest BCUT2D eigenvalue weighted by Gasteiger charge is 2.22. The molecule has 0 saturated heterocycles. The van der Waals surface area contributed by atoms with Crippen molar-refractivity contribution in [3.8, 4) is 0 Å². The second-order valence-corrected chi connectivity index (χ2v) is 13.2. The maximum atomic E-state index is 6.42. The second-order valence-electron chi connectivity index (χ2n) is 12.2. The van der Waals surface area contributed by atoms with Crippen molar-refractivity contribution in [2.75, 3.05) is 4.90 Å². The van der Waals surface area contributed by atoms with Crippen LogP contribution in [-0.4, -0.2) is 4.40 Å². The van der Waals surface area contributed by atoms with Gasteiger partial charge in [0.05, 0.1) is 16.6 Å². The minimum atomic E-state index is 0.887. The van der Waals surface area contributed by atoms with E-state index in [0.717, 1.165) is 39.0 Å². The van der Waals surface area contributed by atoms with Crippen LogP contribution in [0.5, 0.6) is 0 Å². The first-order valence-electron chi connectivity index (χ1n) is 15.6. The summed E-state index contributed by atoms with van der Waals surface area (Å²) in [7, 11) is 0. The Morgan fingerprint density at radius 1 is 0.413 bits per heavy atom. The van der Waals surface area contributed by atoms with Crippen LogP contribution in [-0.2, 0) is 0 Å². The molecule has 0 fully saturated rings. The molecule has 0 radical (unpaired) electrons. The standard InChI is InChI=1S/C42H24N2OS/c1-5-13-36-28(9-1)34-22-27(23-35-29-10-2-6-14-37(29)44(36)42(34)35)43(25-18-20-41-33(21-25)32-12-4-8-16-40(32)46-41)26-17-19-31-30-11-3-7-15-38(30)45-39(31)24-26/h1-24H. The maximum absolute atomic E-state index is 6.42. The molecule has 0 aliphatic carbocycles. The van der Waals surface area contributed by atoms with E-state index in [4.69, 9.17) is 4.42 Å². The van der Waals surface area contributed by atoms with Gasteiger partial charge in [0.2, 0.25) is 0 Å². The molecule has 11 rings (SSSR count). The Bertz CT molecular complexity index is 2910. The monoisotopic (exact) mass is 604 g/mol. The van der Waals surface area contributed by atoms with Crippen molar-refractivity contribution in [1.29, 1.82) is 0 Å². The van der Waals surface area contributed by atoms with Gasteiger partial charge in [-0.25, -0.2) is 0 Å². The number of rotatable bonds is 3. The van der Waals surface area contributed by atoms with Crippen LogP contribution in [0, 0.1) is 0 Å². The van der Waals surface area contributed by atoms with Gasteiger partial charge >= 0.3 is 0 Å². The zero-order valence-corrected chi connectivity index (χ0v) is 25.4. The first-order valence-corrected chi connectivity index (χ1v) is 16.4. The minimum Gasteiger partial charge on any atom is -0.456 e. The Balaban J connectivity index is 1.25. The molecule has 4 heteroatoms. The van der Waals surface area contributed by atoms with Crippen molar-refractivity contribution in [1.82, 2.24) is 4.40 Å². The van der Waals surface area contributed by atoms with Crippen LogP contribution in [0.15, 0.2) is 150 Å². The third-order valence-corrected chi connectivity index (χ3v) is 10.8. The molecular weight excluding hydrogens is 581 g/mol. The zero-order chi connectivity index (χ0) is 29.9. The lowest BCUT2D eigenvalue weighted by Gasteiger charge is -2.26. The Morgan fingerprint density at radius 3 is 1.76 bits per heavy atom. The number of nitrogens with zero attached hydrogens (tertiary/aromatic N) is 2. The summed E-state index contributed by atoms with van der Waals surface area (Å²) < 4.78 is 11.5. The first-order chi connectivity index (χ1) is 22.8. The first kappa shape index (κ1) is 24.5. The molecule has 7 aromatic carbocycles. The van der Waals surface area contributed by atoms with E-state index in [1.54, 1.807) is 0 Å². The molecule has 214 valence electrons. The predicted octanol–water partition coefficient (Wildman–Crippen LogP) is 12.6. The summed E-state index contributed by atoms with van der Waals surface area (Å²) in [5, 5.41) is 9.89. The molecule has 46 heavy (non-hydrogen) atoms. The van der Waals surface area contributed by atoms with Crippen molar-refractivity contribution in [3.05, 3.63) is 146 Å². The van der Waals surface area contributed by atoms with Crippen LogP contribution in [0.4, 0.5) is 17.1 Å². The Kier molecular flexibility index (Phi) is 4.72. The molecule has 0 unspecified atom stereocenters. The number of benzene rings is 7. The van der Waals surface area contributed by atoms with Crippen molar-refractivity contribution in [3.63, 3.8) is 0 Å². The quantitative estimate of drug-likeness (QED) is 0.200.